The Bertz CT molecular complexity index is 1030. The summed E-state index contributed by atoms with van der Waals surface area (Å²) in [6.07, 6.45) is 3.53. The molecule has 0 aliphatic carbocycles. The maximum Gasteiger partial charge on any atom is 0.313 e. The van der Waals surface area contributed by atoms with Crippen molar-refractivity contribution in [3.63, 3.8) is 0 Å². The molecule has 5 heteroatoms. The zero-order valence-electron chi connectivity index (χ0n) is 17.4. The lowest BCUT2D eigenvalue weighted by Gasteiger charge is -2.16. The Kier molecular flexibility index (Phi) is 7.55. The Balaban J connectivity index is 1.65. The molecule has 0 aromatic heterocycles. The molecule has 0 aliphatic rings. The Hall–Kier alpha value is -3.47. The first-order valence-corrected chi connectivity index (χ1v) is 10.0. The Labute approximate surface area is 180 Å². The van der Waals surface area contributed by atoms with Crippen LogP contribution >= 0.6 is 0 Å². The minimum absolute atomic E-state index is 0.00211. The van der Waals surface area contributed by atoms with Crippen LogP contribution in [0, 0.1) is 23.5 Å². The quantitative estimate of drug-likeness (QED) is 0.375. The van der Waals surface area contributed by atoms with E-state index in [4.69, 9.17) is 9.47 Å². The third-order valence-corrected chi connectivity index (χ3v) is 4.70. The molecule has 0 radical (unpaired) electrons. The van der Waals surface area contributed by atoms with Gasteiger partial charge in [0.1, 0.15) is 18.2 Å². The topological polar surface area (TPSA) is 35.5 Å². The third-order valence-electron chi connectivity index (χ3n) is 4.70. The lowest BCUT2D eigenvalue weighted by Crippen LogP contribution is -2.20. The number of esters is 1. The van der Waals surface area contributed by atoms with Gasteiger partial charge in [0.25, 0.3) is 0 Å². The van der Waals surface area contributed by atoms with Crippen molar-refractivity contribution >= 4 is 12.0 Å². The van der Waals surface area contributed by atoms with Gasteiger partial charge in [-0.05, 0) is 53.4 Å². The number of carbonyl (C=O) groups is 1. The van der Waals surface area contributed by atoms with Gasteiger partial charge in [0.05, 0.1) is 5.92 Å². The maximum atomic E-state index is 14.1. The number of rotatable bonds is 8. The molecule has 3 nitrogen and oxygen atoms in total. The first kappa shape index (κ1) is 22.2. The number of halogens is 2. The van der Waals surface area contributed by atoms with Crippen LogP contribution in [0.15, 0.2) is 78.9 Å². The van der Waals surface area contributed by atoms with E-state index in [1.54, 1.807) is 54.6 Å². The van der Waals surface area contributed by atoms with Crippen LogP contribution < -0.4 is 4.74 Å². The summed E-state index contributed by atoms with van der Waals surface area (Å²) in [4.78, 5) is 12.6. The molecule has 0 amide bonds. The van der Waals surface area contributed by atoms with Gasteiger partial charge >= 0.3 is 5.97 Å². The SMILES string of the molecule is CC(C)C(/C=C/c1ccc(F)cc1)C(=O)OCc1ccc(F)c(Oc2ccccc2)c1. The maximum absolute atomic E-state index is 14.1. The first-order chi connectivity index (χ1) is 14.9. The predicted octanol–water partition coefficient (Wildman–Crippen LogP) is 6.79. The zero-order chi connectivity index (χ0) is 22.2. The van der Waals surface area contributed by atoms with Crippen LogP contribution in [-0.4, -0.2) is 5.97 Å². The smallest absolute Gasteiger partial charge is 0.313 e. The lowest BCUT2D eigenvalue weighted by atomic mass is 9.95. The Morgan fingerprint density at radius 3 is 2.35 bits per heavy atom. The van der Waals surface area contributed by atoms with E-state index < -0.39 is 11.7 Å². The normalized spacial score (nSPS) is 12.2. The van der Waals surface area contributed by atoms with Crippen molar-refractivity contribution in [1.29, 1.82) is 0 Å². The van der Waals surface area contributed by atoms with E-state index in [9.17, 15) is 13.6 Å². The standard InChI is InChI=1S/C26H24F2O3/c1-18(2)23(14-10-19-8-12-21(27)13-9-19)26(29)30-17-20-11-15-24(28)25(16-20)31-22-6-4-3-5-7-22/h3-16,18,23H,17H2,1-2H3/b14-10+. The highest BCUT2D eigenvalue weighted by Gasteiger charge is 2.21. The summed E-state index contributed by atoms with van der Waals surface area (Å²) >= 11 is 0. The Morgan fingerprint density at radius 2 is 1.68 bits per heavy atom. The van der Waals surface area contributed by atoms with Gasteiger partial charge in [-0.2, -0.15) is 0 Å². The van der Waals surface area contributed by atoms with Gasteiger partial charge in [0.15, 0.2) is 11.6 Å². The summed E-state index contributed by atoms with van der Waals surface area (Å²) in [5, 5.41) is 0. The molecule has 0 N–H and O–H groups in total. The largest absolute Gasteiger partial charge is 0.460 e. The fourth-order valence-corrected chi connectivity index (χ4v) is 2.94. The fraction of sp³-hybridized carbons (Fsp3) is 0.192. The second-order valence-electron chi connectivity index (χ2n) is 7.47. The van der Waals surface area contributed by atoms with E-state index in [1.807, 2.05) is 19.9 Å². The molecule has 0 bridgehead atoms. The van der Waals surface area contributed by atoms with Gasteiger partial charge in [0.2, 0.25) is 0 Å². The van der Waals surface area contributed by atoms with E-state index in [0.717, 1.165) is 5.56 Å². The number of para-hydroxylation sites is 1. The van der Waals surface area contributed by atoms with Crippen LogP contribution in [-0.2, 0) is 16.1 Å². The molecule has 31 heavy (non-hydrogen) atoms. The van der Waals surface area contributed by atoms with Crippen LogP contribution in [0.2, 0.25) is 0 Å². The summed E-state index contributed by atoms with van der Waals surface area (Å²) in [5.74, 6) is -1.08. The average Bonchev–Trinajstić information content (AvgIpc) is 2.76. The van der Waals surface area contributed by atoms with E-state index in [2.05, 4.69) is 0 Å². The van der Waals surface area contributed by atoms with E-state index >= 15 is 0 Å². The molecular weight excluding hydrogens is 398 g/mol. The number of hydrogen-bond acceptors (Lipinski definition) is 3. The van der Waals surface area contributed by atoms with Crippen molar-refractivity contribution in [2.75, 3.05) is 0 Å². The summed E-state index contributed by atoms with van der Waals surface area (Å²) in [7, 11) is 0. The highest BCUT2D eigenvalue weighted by atomic mass is 19.1. The average molecular weight is 422 g/mol. The molecule has 3 aromatic rings. The van der Waals surface area contributed by atoms with E-state index in [-0.39, 0.29) is 30.1 Å². The van der Waals surface area contributed by atoms with Crippen LogP contribution in [0.1, 0.15) is 25.0 Å². The van der Waals surface area contributed by atoms with Crippen molar-refractivity contribution in [3.05, 3.63) is 102 Å². The minimum atomic E-state index is -0.499. The van der Waals surface area contributed by atoms with Gasteiger partial charge in [-0.1, -0.05) is 62.4 Å². The first-order valence-electron chi connectivity index (χ1n) is 10.0. The molecular formula is C26H24F2O3. The molecule has 0 heterocycles. The fourth-order valence-electron chi connectivity index (χ4n) is 2.94. The number of benzene rings is 3. The van der Waals surface area contributed by atoms with Crippen molar-refractivity contribution in [3.8, 4) is 11.5 Å². The lowest BCUT2D eigenvalue weighted by molar-refractivity contribution is -0.149. The van der Waals surface area contributed by atoms with Crippen LogP contribution in [0.5, 0.6) is 11.5 Å². The number of carbonyl (C=O) groups excluding carboxylic acids is 1. The van der Waals surface area contributed by atoms with Gasteiger partial charge < -0.3 is 9.47 Å². The van der Waals surface area contributed by atoms with E-state index in [0.29, 0.717) is 11.3 Å². The zero-order valence-corrected chi connectivity index (χ0v) is 17.4. The van der Waals surface area contributed by atoms with Gasteiger partial charge in [-0.3, -0.25) is 4.79 Å². The highest BCUT2D eigenvalue weighted by Crippen LogP contribution is 2.26. The van der Waals surface area contributed by atoms with Crippen molar-refractivity contribution in [2.24, 2.45) is 11.8 Å². The molecule has 1 unspecified atom stereocenters. The summed E-state index contributed by atoms with van der Waals surface area (Å²) < 4.78 is 38.2. The van der Waals surface area contributed by atoms with Crippen LogP contribution in [0.4, 0.5) is 8.78 Å². The number of ether oxygens (including phenoxy) is 2. The minimum Gasteiger partial charge on any atom is -0.460 e. The highest BCUT2D eigenvalue weighted by molar-refractivity contribution is 5.76. The molecule has 0 spiro atoms. The molecule has 0 saturated carbocycles. The monoisotopic (exact) mass is 422 g/mol. The second kappa shape index (κ2) is 10.5. The predicted molar refractivity (Wildman–Crippen MR) is 116 cm³/mol. The molecule has 1 atom stereocenters. The third kappa shape index (κ3) is 6.51. The van der Waals surface area contributed by atoms with Crippen LogP contribution in [0.25, 0.3) is 6.08 Å². The van der Waals surface area contributed by atoms with E-state index in [1.165, 1.54) is 24.3 Å². The molecule has 3 rings (SSSR count). The molecule has 0 fully saturated rings. The van der Waals surface area contributed by atoms with Crippen LogP contribution in [0.3, 0.4) is 0 Å². The summed E-state index contributed by atoms with van der Waals surface area (Å²) in [6.45, 7) is 3.84. The molecule has 3 aromatic carbocycles. The molecule has 0 aliphatic heterocycles. The number of hydrogen-bond donors (Lipinski definition) is 0. The van der Waals surface area contributed by atoms with Gasteiger partial charge in [-0.15, -0.1) is 0 Å². The Morgan fingerprint density at radius 1 is 0.968 bits per heavy atom. The molecule has 160 valence electrons. The summed E-state index contributed by atoms with van der Waals surface area (Å²) in [5.41, 5.74) is 1.41. The van der Waals surface area contributed by atoms with Gasteiger partial charge in [-0.25, -0.2) is 8.78 Å². The summed E-state index contributed by atoms with van der Waals surface area (Å²) in [6, 6.07) is 19.3. The van der Waals surface area contributed by atoms with Crippen molar-refractivity contribution in [1.82, 2.24) is 0 Å². The van der Waals surface area contributed by atoms with Gasteiger partial charge in [0, 0.05) is 0 Å². The second-order valence-corrected chi connectivity index (χ2v) is 7.47. The molecule has 0 saturated heterocycles. The van der Waals surface area contributed by atoms with Crippen molar-refractivity contribution < 1.29 is 23.0 Å². The van der Waals surface area contributed by atoms with Crippen molar-refractivity contribution in [2.45, 2.75) is 20.5 Å².